The van der Waals surface area contributed by atoms with Crippen molar-refractivity contribution in [2.75, 3.05) is 26.7 Å². The summed E-state index contributed by atoms with van der Waals surface area (Å²) in [6, 6.07) is 9.05. The van der Waals surface area contributed by atoms with Crippen molar-refractivity contribution in [1.29, 1.82) is 0 Å². The zero-order valence-electron chi connectivity index (χ0n) is 11.2. The Labute approximate surface area is 110 Å². The maximum absolute atomic E-state index is 5.16. The first-order chi connectivity index (χ1) is 8.88. The first kappa shape index (κ1) is 13.4. The highest BCUT2D eigenvalue weighted by Crippen LogP contribution is 2.11. The van der Waals surface area contributed by atoms with Gasteiger partial charge < -0.3 is 15.4 Å². The fourth-order valence-electron chi connectivity index (χ4n) is 2.44. The molecule has 0 aromatic heterocycles. The topological polar surface area (TPSA) is 33.3 Å². The van der Waals surface area contributed by atoms with Crippen molar-refractivity contribution in [3.63, 3.8) is 0 Å². The molecule has 0 aliphatic carbocycles. The van der Waals surface area contributed by atoms with E-state index < -0.39 is 0 Å². The van der Waals surface area contributed by atoms with Crippen molar-refractivity contribution >= 4 is 0 Å². The molecular weight excluding hydrogens is 224 g/mol. The molecule has 1 saturated heterocycles. The maximum atomic E-state index is 5.16. The second-order valence-electron chi connectivity index (χ2n) is 4.93. The first-order valence-electron chi connectivity index (χ1n) is 6.95. The Hall–Kier alpha value is -1.06. The average molecular weight is 248 g/mol. The molecule has 1 heterocycles. The van der Waals surface area contributed by atoms with Gasteiger partial charge in [0.15, 0.2) is 0 Å². The van der Waals surface area contributed by atoms with Crippen LogP contribution in [-0.4, -0.2) is 32.8 Å². The van der Waals surface area contributed by atoms with Crippen LogP contribution >= 0.6 is 0 Å². The Morgan fingerprint density at radius 2 is 2.06 bits per heavy atom. The van der Waals surface area contributed by atoms with E-state index in [1.54, 1.807) is 7.11 Å². The zero-order chi connectivity index (χ0) is 12.6. The highest BCUT2D eigenvalue weighted by Gasteiger charge is 2.10. The van der Waals surface area contributed by atoms with Gasteiger partial charge in [-0.05, 0) is 63.0 Å². The molecule has 1 aromatic carbocycles. The maximum Gasteiger partial charge on any atom is 0.118 e. The molecule has 3 heteroatoms. The molecule has 0 saturated carbocycles. The van der Waals surface area contributed by atoms with Crippen LogP contribution in [0.2, 0.25) is 0 Å². The van der Waals surface area contributed by atoms with Crippen molar-refractivity contribution in [2.24, 2.45) is 0 Å². The van der Waals surface area contributed by atoms with Gasteiger partial charge in [0.05, 0.1) is 7.11 Å². The summed E-state index contributed by atoms with van der Waals surface area (Å²) in [6.07, 6.45) is 4.94. The van der Waals surface area contributed by atoms with Gasteiger partial charge >= 0.3 is 0 Å². The summed E-state index contributed by atoms with van der Waals surface area (Å²) in [4.78, 5) is 0. The summed E-state index contributed by atoms with van der Waals surface area (Å²) in [7, 11) is 1.71. The lowest BCUT2D eigenvalue weighted by Crippen LogP contribution is -2.31. The molecule has 1 unspecified atom stereocenters. The molecule has 0 spiro atoms. The molecule has 1 aliphatic rings. The molecule has 18 heavy (non-hydrogen) atoms. The van der Waals surface area contributed by atoms with Gasteiger partial charge in [0.25, 0.3) is 0 Å². The van der Waals surface area contributed by atoms with E-state index in [4.69, 9.17) is 4.74 Å². The van der Waals surface area contributed by atoms with Gasteiger partial charge in [0, 0.05) is 6.04 Å². The third-order valence-corrected chi connectivity index (χ3v) is 3.58. The summed E-state index contributed by atoms with van der Waals surface area (Å²) >= 11 is 0. The van der Waals surface area contributed by atoms with Gasteiger partial charge in [-0.15, -0.1) is 0 Å². The number of benzene rings is 1. The smallest absolute Gasteiger partial charge is 0.118 e. The van der Waals surface area contributed by atoms with Crippen LogP contribution in [0.15, 0.2) is 24.3 Å². The van der Waals surface area contributed by atoms with Crippen LogP contribution in [0.4, 0.5) is 0 Å². The number of ether oxygens (including phenoxy) is 1. The van der Waals surface area contributed by atoms with E-state index in [0.717, 1.165) is 25.3 Å². The zero-order valence-corrected chi connectivity index (χ0v) is 11.2. The molecular formula is C15H24N2O. The molecule has 2 rings (SSSR count). The van der Waals surface area contributed by atoms with E-state index in [2.05, 4.69) is 22.8 Å². The number of rotatable bonds is 5. The SMILES string of the molecule is COc1ccc(CCNC2CCCNCC2)cc1. The number of hydrogen-bond donors (Lipinski definition) is 2. The fourth-order valence-corrected chi connectivity index (χ4v) is 2.44. The Morgan fingerprint density at radius 1 is 1.22 bits per heavy atom. The van der Waals surface area contributed by atoms with E-state index in [1.807, 2.05) is 12.1 Å². The minimum absolute atomic E-state index is 0.693. The molecule has 1 aliphatic heterocycles. The summed E-state index contributed by atoms with van der Waals surface area (Å²) in [5.41, 5.74) is 1.37. The molecule has 3 nitrogen and oxygen atoms in total. The van der Waals surface area contributed by atoms with E-state index in [1.165, 1.54) is 31.4 Å². The van der Waals surface area contributed by atoms with Gasteiger partial charge in [0.1, 0.15) is 5.75 Å². The van der Waals surface area contributed by atoms with Crippen LogP contribution in [-0.2, 0) is 6.42 Å². The summed E-state index contributed by atoms with van der Waals surface area (Å²) in [5, 5.41) is 7.11. The second kappa shape index (κ2) is 7.39. The summed E-state index contributed by atoms with van der Waals surface area (Å²) in [6.45, 7) is 3.40. The lowest BCUT2D eigenvalue weighted by Gasteiger charge is -2.15. The van der Waals surface area contributed by atoms with Crippen LogP contribution in [0.25, 0.3) is 0 Å². The summed E-state index contributed by atoms with van der Waals surface area (Å²) < 4.78 is 5.16. The van der Waals surface area contributed by atoms with Crippen LogP contribution in [0.3, 0.4) is 0 Å². The second-order valence-corrected chi connectivity index (χ2v) is 4.93. The molecule has 2 N–H and O–H groups in total. The van der Waals surface area contributed by atoms with E-state index in [0.29, 0.717) is 6.04 Å². The molecule has 100 valence electrons. The van der Waals surface area contributed by atoms with E-state index in [-0.39, 0.29) is 0 Å². The Kier molecular flexibility index (Phi) is 5.49. The standard InChI is InChI=1S/C15H24N2O/c1-18-15-6-4-13(5-7-15)8-12-17-14-3-2-10-16-11-9-14/h4-7,14,16-17H,2-3,8-12H2,1H3. The van der Waals surface area contributed by atoms with E-state index in [9.17, 15) is 0 Å². The minimum atomic E-state index is 0.693. The monoisotopic (exact) mass is 248 g/mol. The Bertz CT molecular complexity index is 329. The predicted octanol–water partition coefficient (Wildman–Crippen LogP) is 1.97. The third-order valence-electron chi connectivity index (χ3n) is 3.58. The van der Waals surface area contributed by atoms with Crippen molar-refractivity contribution in [1.82, 2.24) is 10.6 Å². The Balaban J connectivity index is 1.70. The molecule has 1 fully saturated rings. The normalized spacial score (nSPS) is 20.4. The van der Waals surface area contributed by atoms with Crippen LogP contribution in [0.5, 0.6) is 5.75 Å². The van der Waals surface area contributed by atoms with E-state index >= 15 is 0 Å². The van der Waals surface area contributed by atoms with Crippen molar-refractivity contribution in [3.8, 4) is 5.75 Å². The number of hydrogen-bond acceptors (Lipinski definition) is 3. The largest absolute Gasteiger partial charge is 0.497 e. The van der Waals surface area contributed by atoms with Crippen molar-refractivity contribution in [3.05, 3.63) is 29.8 Å². The molecule has 1 atom stereocenters. The quantitative estimate of drug-likeness (QED) is 0.836. The molecule has 0 bridgehead atoms. The average Bonchev–Trinajstić information content (AvgIpc) is 2.68. The van der Waals surface area contributed by atoms with Gasteiger partial charge in [-0.25, -0.2) is 0 Å². The summed E-state index contributed by atoms with van der Waals surface area (Å²) in [5.74, 6) is 0.932. The third kappa shape index (κ3) is 4.31. The van der Waals surface area contributed by atoms with Gasteiger partial charge in [-0.2, -0.15) is 0 Å². The van der Waals surface area contributed by atoms with Crippen LogP contribution in [0.1, 0.15) is 24.8 Å². The number of methoxy groups -OCH3 is 1. The predicted molar refractivity (Wildman–Crippen MR) is 75.2 cm³/mol. The van der Waals surface area contributed by atoms with Gasteiger partial charge in [-0.1, -0.05) is 12.1 Å². The Morgan fingerprint density at radius 3 is 2.83 bits per heavy atom. The van der Waals surface area contributed by atoms with Crippen LogP contribution < -0.4 is 15.4 Å². The molecule has 0 amide bonds. The minimum Gasteiger partial charge on any atom is -0.497 e. The molecule has 1 aromatic rings. The highest BCUT2D eigenvalue weighted by molar-refractivity contribution is 5.27. The van der Waals surface area contributed by atoms with Gasteiger partial charge in [0.2, 0.25) is 0 Å². The molecule has 0 radical (unpaired) electrons. The first-order valence-corrected chi connectivity index (χ1v) is 6.95. The lowest BCUT2D eigenvalue weighted by atomic mass is 10.1. The van der Waals surface area contributed by atoms with Gasteiger partial charge in [-0.3, -0.25) is 0 Å². The van der Waals surface area contributed by atoms with Crippen LogP contribution in [0, 0.1) is 0 Å². The van der Waals surface area contributed by atoms with Crippen molar-refractivity contribution in [2.45, 2.75) is 31.7 Å². The van der Waals surface area contributed by atoms with Crippen molar-refractivity contribution < 1.29 is 4.74 Å². The number of nitrogens with one attached hydrogen (secondary N) is 2. The lowest BCUT2D eigenvalue weighted by molar-refractivity contribution is 0.414. The highest BCUT2D eigenvalue weighted by atomic mass is 16.5. The fraction of sp³-hybridized carbons (Fsp3) is 0.600.